The molecule has 0 saturated carbocycles. The van der Waals surface area contributed by atoms with Crippen molar-refractivity contribution in [2.45, 2.75) is 13.0 Å². The van der Waals surface area contributed by atoms with Gasteiger partial charge in [0.1, 0.15) is 5.75 Å². The van der Waals surface area contributed by atoms with Gasteiger partial charge in [-0.3, -0.25) is 9.69 Å². The molecule has 0 radical (unpaired) electrons. The smallest absolute Gasteiger partial charge is 0.241 e. The summed E-state index contributed by atoms with van der Waals surface area (Å²) in [6.45, 7) is 5.24. The van der Waals surface area contributed by atoms with Gasteiger partial charge in [-0.05, 0) is 37.3 Å². The van der Waals surface area contributed by atoms with Crippen molar-refractivity contribution >= 4 is 40.5 Å². The Morgan fingerprint density at radius 1 is 1.11 bits per heavy atom. The maximum atomic E-state index is 12.6. The SMILES string of the molecule is COc1cccc(N2CCN([C@H](C)C(=O)Nc3ccc(Cl)cc3Cl)CC2)c1. The lowest BCUT2D eigenvalue weighted by molar-refractivity contribution is -0.120. The minimum Gasteiger partial charge on any atom is -0.497 e. The molecule has 5 nitrogen and oxygen atoms in total. The number of hydrogen-bond donors (Lipinski definition) is 1. The van der Waals surface area contributed by atoms with Crippen LogP contribution in [-0.2, 0) is 4.79 Å². The van der Waals surface area contributed by atoms with Crippen molar-refractivity contribution < 1.29 is 9.53 Å². The first-order valence-electron chi connectivity index (χ1n) is 8.87. The molecular formula is C20H23Cl2N3O2. The zero-order chi connectivity index (χ0) is 19.4. The largest absolute Gasteiger partial charge is 0.497 e. The van der Waals surface area contributed by atoms with Gasteiger partial charge in [-0.1, -0.05) is 29.3 Å². The summed E-state index contributed by atoms with van der Waals surface area (Å²) < 4.78 is 5.30. The summed E-state index contributed by atoms with van der Waals surface area (Å²) >= 11 is 12.0. The van der Waals surface area contributed by atoms with Crippen LogP contribution in [0.4, 0.5) is 11.4 Å². The van der Waals surface area contributed by atoms with Gasteiger partial charge in [-0.2, -0.15) is 0 Å². The fraction of sp³-hybridized carbons (Fsp3) is 0.350. The van der Waals surface area contributed by atoms with E-state index in [9.17, 15) is 4.79 Å². The Labute approximate surface area is 169 Å². The zero-order valence-electron chi connectivity index (χ0n) is 15.4. The summed E-state index contributed by atoms with van der Waals surface area (Å²) in [4.78, 5) is 17.1. The third-order valence-corrected chi connectivity index (χ3v) is 5.40. The van der Waals surface area contributed by atoms with E-state index in [0.717, 1.165) is 37.6 Å². The summed E-state index contributed by atoms with van der Waals surface area (Å²) in [5.74, 6) is 0.775. The van der Waals surface area contributed by atoms with Crippen molar-refractivity contribution in [3.05, 3.63) is 52.5 Å². The third-order valence-electron chi connectivity index (χ3n) is 4.85. The Hall–Kier alpha value is -1.95. The van der Waals surface area contributed by atoms with Crippen LogP contribution in [-0.4, -0.2) is 50.1 Å². The highest BCUT2D eigenvalue weighted by atomic mass is 35.5. The molecule has 27 heavy (non-hydrogen) atoms. The van der Waals surface area contributed by atoms with E-state index in [1.54, 1.807) is 25.3 Å². The molecule has 0 aromatic heterocycles. The van der Waals surface area contributed by atoms with Gasteiger partial charge in [-0.15, -0.1) is 0 Å². The maximum absolute atomic E-state index is 12.6. The van der Waals surface area contributed by atoms with E-state index in [4.69, 9.17) is 27.9 Å². The normalized spacial score (nSPS) is 16.1. The van der Waals surface area contributed by atoms with Gasteiger partial charge in [0, 0.05) is 43.0 Å². The Balaban J connectivity index is 1.57. The number of hydrogen-bond acceptors (Lipinski definition) is 4. The Kier molecular flexibility index (Phi) is 6.47. The van der Waals surface area contributed by atoms with E-state index in [-0.39, 0.29) is 11.9 Å². The molecular weight excluding hydrogens is 385 g/mol. The number of piperazine rings is 1. The molecule has 0 spiro atoms. The molecule has 0 bridgehead atoms. The first-order chi connectivity index (χ1) is 13.0. The standard InChI is InChI=1S/C20H23Cl2N3O2/c1-14(20(26)23-19-7-6-15(21)12-18(19)22)24-8-10-25(11-9-24)16-4-3-5-17(13-16)27-2/h3-7,12-14H,8-11H2,1-2H3,(H,23,26)/t14-/m1/s1. The molecule has 1 amide bonds. The second-order valence-corrected chi connectivity index (χ2v) is 7.36. The average molecular weight is 408 g/mol. The molecule has 7 heteroatoms. The second-order valence-electron chi connectivity index (χ2n) is 6.51. The van der Waals surface area contributed by atoms with Gasteiger partial charge < -0.3 is 15.0 Å². The van der Waals surface area contributed by atoms with Gasteiger partial charge in [-0.25, -0.2) is 0 Å². The molecule has 1 fully saturated rings. The third kappa shape index (κ3) is 4.86. The number of amides is 1. The van der Waals surface area contributed by atoms with Gasteiger partial charge >= 0.3 is 0 Å². The predicted molar refractivity (Wildman–Crippen MR) is 111 cm³/mol. The molecule has 3 rings (SSSR count). The lowest BCUT2D eigenvalue weighted by Crippen LogP contribution is -2.52. The van der Waals surface area contributed by atoms with E-state index < -0.39 is 0 Å². The van der Waals surface area contributed by atoms with E-state index in [1.165, 1.54) is 0 Å². The van der Waals surface area contributed by atoms with Gasteiger partial charge in [0.15, 0.2) is 0 Å². The number of nitrogens with zero attached hydrogens (tertiary/aromatic N) is 2. The van der Waals surface area contributed by atoms with Crippen LogP contribution >= 0.6 is 23.2 Å². The number of carbonyl (C=O) groups excluding carboxylic acids is 1. The molecule has 1 aliphatic heterocycles. The molecule has 1 heterocycles. The number of methoxy groups -OCH3 is 1. The monoisotopic (exact) mass is 407 g/mol. The van der Waals surface area contributed by atoms with E-state index >= 15 is 0 Å². The summed E-state index contributed by atoms with van der Waals surface area (Å²) in [5.41, 5.74) is 1.71. The summed E-state index contributed by atoms with van der Waals surface area (Å²) in [5, 5.41) is 3.87. The number of benzene rings is 2. The minimum atomic E-state index is -0.246. The quantitative estimate of drug-likeness (QED) is 0.808. The highest BCUT2D eigenvalue weighted by Crippen LogP contribution is 2.26. The number of anilines is 2. The van der Waals surface area contributed by atoms with Crippen molar-refractivity contribution in [2.24, 2.45) is 0 Å². The first-order valence-corrected chi connectivity index (χ1v) is 9.62. The first kappa shape index (κ1) is 19.8. The molecule has 0 unspecified atom stereocenters. The summed E-state index contributed by atoms with van der Waals surface area (Å²) in [6, 6.07) is 12.8. The number of rotatable bonds is 5. The minimum absolute atomic E-state index is 0.0750. The molecule has 144 valence electrons. The number of ether oxygens (including phenoxy) is 1. The molecule has 2 aromatic carbocycles. The van der Waals surface area contributed by atoms with Crippen LogP contribution in [0, 0.1) is 0 Å². The summed E-state index contributed by atoms with van der Waals surface area (Å²) in [7, 11) is 1.67. The fourth-order valence-corrected chi connectivity index (χ4v) is 3.62. The van der Waals surface area contributed by atoms with Crippen LogP contribution < -0.4 is 15.0 Å². The Morgan fingerprint density at radius 2 is 1.85 bits per heavy atom. The predicted octanol–water partition coefficient (Wildman–Crippen LogP) is 4.15. The lowest BCUT2D eigenvalue weighted by Gasteiger charge is -2.38. The molecule has 2 aromatic rings. The van der Waals surface area contributed by atoms with E-state index in [1.807, 2.05) is 25.1 Å². The highest BCUT2D eigenvalue weighted by Gasteiger charge is 2.26. The van der Waals surface area contributed by atoms with E-state index in [0.29, 0.717) is 15.7 Å². The highest BCUT2D eigenvalue weighted by molar-refractivity contribution is 6.36. The van der Waals surface area contributed by atoms with Crippen LogP contribution in [0.5, 0.6) is 5.75 Å². The molecule has 1 atom stereocenters. The van der Waals surface area contributed by atoms with Crippen LogP contribution in [0.3, 0.4) is 0 Å². The number of carbonyl (C=O) groups is 1. The molecule has 1 aliphatic rings. The van der Waals surface area contributed by atoms with Crippen LogP contribution in [0.25, 0.3) is 0 Å². The lowest BCUT2D eigenvalue weighted by atomic mass is 10.2. The molecule has 0 aliphatic carbocycles. The van der Waals surface area contributed by atoms with Crippen molar-refractivity contribution in [1.82, 2.24) is 4.90 Å². The van der Waals surface area contributed by atoms with Crippen LogP contribution in [0.1, 0.15) is 6.92 Å². The Morgan fingerprint density at radius 3 is 2.52 bits per heavy atom. The second kappa shape index (κ2) is 8.83. The van der Waals surface area contributed by atoms with Crippen molar-refractivity contribution in [3.8, 4) is 5.75 Å². The maximum Gasteiger partial charge on any atom is 0.241 e. The van der Waals surface area contributed by atoms with Gasteiger partial charge in [0.2, 0.25) is 5.91 Å². The van der Waals surface area contributed by atoms with Gasteiger partial charge in [0.25, 0.3) is 0 Å². The van der Waals surface area contributed by atoms with Crippen molar-refractivity contribution in [2.75, 3.05) is 43.5 Å². The summed E-state index contributed by atoms with van der Waals surface area (Å²) in [6.07, 6.45) is 0. The van der Waals surface area contributed by atoms with Crippen molar-refractivity contribution in [1.29, 1.82) is 0 Å². The zero-order valence-corrected chi connectivity index (χ0v) is 16.9. The Bertz CT molecular complexity index is 808. The van der Waals surface area contributed by atoms with Crippen LogP contribution in [0.2, 0.25) is 10.0 Å². The molecule has 1 saturated heterocycles. The topological polar surface area (TPSA) is 44.8 Å². The van der Waals surface area contributed by atoms with Crippen molar-refractivity contribution in [3.63, 3.8) is 0 Å². The molecule has 1 N–H and O–H groups in total. The fourth-order valence-electron chi connectivity index (χ4n) is 3.17. The number of nitrogens with one attached hydrogen (secondary N) is 1. The average Bonchev–Trinajstić information content (AvgIpc) is 2.69. The van der Waals surface area contributed by atoms with Crippen LogP contribution in [0.15, 0.2) is 42.5 Å². The number of halogens is 2. The van der Waals surface area contributed by atoms with Gasteiger partial charge in [0.05, 0.1) is 23.9 Å². The van der Waals surface area contributed by atoms with E-state index in [2.05, 4.69) is 21.2 Å².